The van der Waals surface area contributed by atoms with Gasteiger partial charge in [0, 0.05) is 31.0 Å². The maximum Gasteiger partial charge on any atom is 0.0946 e. The van der Waals surface area contributed by atoms with Crippen molar-refractivity contribution in [3.8, 4) is 0 Å². The summed E-state index contributed by atoms with van der Waals surface area (Å²) in [5, 5.41) is 3.61. The standard InChI is InChI=1S/C15H21N3/c1-12-4-6-15(7-5-12)14(3)17-13(2)10-18-9-8-16-11-18/h4-9,11,13-14,17H,10H2,1-3H3. The van der Waals surface area contributed by atoms with Gasteiger partial charge >= 0.3 is 0 Å². The third-order valence-electron chi connectivity index (χ3n) is 3.16. The quantitative estimate of drug-likeness (QED) is 0.875. The zero-order chi connectivity index (χ0) is 13.0. The van der Waals surface area contributed by atoms with Crippen molar-refractivity contribution in [2.75, 3.05) is 0 Å². The van der Waals surface area contributed by atoms with Crippen molar-refractivity contribution in [2.24, 2.45) is 0 Å². The smallest absolute Gasteiger partial charge is 0.0946 e. The molecule has 0 fully saturated rings. The highest BCUT2D eigenvalue weighted by Crippen LogP contribution is 2.14. The van der Waals surface area contributed by atoms with E-state index in [4.69, 9.17) is 0 Å². The zero-order valence-corrected chi connectivity index (χ0v) is 11.3. The third-order valence-corrected chi connectivity index (χ3v) is 3.16. The topological polar surface area (TPSA) is 29.9 Å². The predicted molar refractivity (Wildman–Crippen MR) is 74.4 cm³/mol. The Hall–Kier alpha value is -1.61. The fourth-order valence-corrected chi connectivity index (χ4v) is 2.14. The molecular weight excluding hydrogens is 222 g/mol. The number of aromatic nitrogens is 2. The Labute approximate surface area is 109 Å². The molecular formula is C15H21N3. The second kappa shape index (κ2) is 5.83. The number of nitrogens with zero attached hydrogens (tertiary/aromatic N) is 2. The fraction of sp³-hybridized carbons (Fsp3) is 0.400. The van der Waals surface area contributed by atoms with Gasteiger partial charge in [-0.1, -0.05) is 29.8 Å². The number of rotatable bonds is 5. The van der Waals surface area contributed by atoms with Gasteiger partial charge in [-0.25, -0.2) is 4.98 Å². The van der Waals surface area contributed by atoms with E-state index in [0.29, 0.717) is 12.1 Å². The molecule has 1 aromatic carbocycles. The van der Waals surface area contributed by atoms with Crippen LogP contribution in [0, 0.1) is 6.92 Å². The Morgan fingerprint density at radius 3 is 2.56 bits per heavy atom. The van der Waals surface area contributed by atoms with E-state index in [2.05, 4.69) is 59.9 Å². The Kier molecular flexibility index (Phi) is 4.15. The normalized spacial score (nSPS) is 14.4. The van der Waals surface area contributed by atoms with Crippen LogP contribution in [0.15, 0.2) is 43.0 Å². The van der Waals surface area contributed by atoms with Crippen LogP contribution in [0.5, 0.6) is 0 Å². The largest absolute Gasteiger partial charge is 0.336 e. The third kappa shape index (κ3) is 3.44. The number of imidazole rings is 1. The first kappa shape index (κ1) is 12.8. The van der Waals surface area contributed by atoms with Crippen LogP contribution in [0.1, 0.15) is 31.0 Å². The minimum absolute atomic E-state index is 0.365. The van der Waals surface area contributed by atoms with Gasteiger partial charge in [-0.2, -0.15) is 0 Å². The van der Waals surface area contributed by atoms with E-state index in [-0.39, 0.29) is 0 Å². The maximum absolute atomic E-state index is 4.06. The lowest BCUT2D eigenvalue weighted by Gasteiger charge is -2.20. The van der Waals surface area contributed by atoms with Gasteiger partial charge in [0.1, 0.15) is 0 Å². The van der Waals surface area contributed by atoms with Crippen LogP contribution >= 0.6 is 0 Å². The molecule has 1 heterocycles. The molecule has 0 aliphatic heterocycles. The maximum atomic E-state index is 4.06. The van der Waals surface area contributed by atoms with Gasteiger partial charge in [0.25, 0.3) is 0 Å². The summed E-state index contributed by atoms with van der Waals surface area (Å²) in [5.74, 6) is 0. The van der Waals surface area contributed by atoms with E-state index in [1.54, 1.807) is 0 Å². The van der Waals surface area contributed by atoms with E-state index in [1.165, 1.54) is 11.1 Å². The van der Waals surface area contributed by atoms with Gasteiger partial charge in [0.15, 0.2) is 0 Å². The highest BCUT2D eigenvalue weighted by Gasteiger charge is 2.09. The van der Waals surface area contributed by atoms with Crippen LogP contribution in [0.4, 0.5) is 0 Å². The average molecular weight is 243 g/mol. The van der Waals surface area contributed by atoms with E-state index >= 15 is 0 Å². The number of nitrogens with one attached hydrogen (secondary N) is 1. The van der Waals surface area contributed by atoms with E-state index in [1.807, 2.05) is 18.7 Å². The molecule has 0 saturated carbocycles. The summed E-state index contributed by atoms with van der Waals surface area (Å²) in [7, 11) is 0. The van der Waals surface area contributed by atoms with Crippen LogP contribution in [-0.4, -0.2) is 15.6 Å². The first-order chi connectivity index (χ1) is 8.65. The van der Waals surface area contributed by atoms with Crippen molar-refractivity contribution < 1.29 is 0 Å². The monoisotopic (exact) mass is 243 g/mol. The van der Waals surface area contributed by atoms with Gasteiger partial charge < -0.3 is 9.88 Å². The molecule has 2 aromatic rings. The molecule has 0 amide bonds. The molecule has 2 atom stereocenters. The molecule has 0 radical (unpaired) electrons. The summed E-state index contributed by atoms with van der Waals surface area (Å²) in [4.78, 5) is 4.06. The first-order valence-corrected chi connectivity index (χ1v) is 6.43. The molecule has 3 heteroatoms. The summed E-state index contributed by atoms with van der Waals surface area (Å²) in [6, 6.07) is 9.48. The van der Waals surface area contributed by atoms with Crippen LogP contribution in [-0.2, 0) is 6.54 Å². The highest BCUT2D eigenvalue weighted by molar-refractivity contribution is 5.23. The van der Waals surface area contributed by atoms with Crippen molar-refractivity contribution in [1.29, 1.82) is 0 Å². The van der Waals surface area contributed by atoms with Gasteiger partial charge in [-0.05, 0) is 26.3 Å². The molecule has 18 heavy (non-hydrogen) atoms. The number of hydrogen-bond acceptors (Lipinski definition) is 2. The van der Waals surface area contributed by atoms with E-state index < -0.39 is 0 Å². The van der Waals surface area contributed by atoms with Crippen molar-refractivity contribution >= 4 is 0 Å². The Bertz CT molecular complexity index is 459. The molecule has 96 valence electrons. The van der Waals surface area contributed by atoms with Crippen molar-refractivity contribution in [3.05, 3.63) is 54.1 Å². The molecule has 1 N–H and O–H groups in total. The Morgan fingerprint density at radius 2 is 1.94 bits per heavy atom. The fourth-order valence-electron chi connectivity index (χ4n) is 2.14. The number of aryl methyl sites for hydroxylation is 1. The zero-order valence-electron chi connectivity index (χ0n) is 11.3. The molecule has 0 saturated heterocycles. The molecule has 2 rings (SSSR count). The van der Waals surface area contributed by atoms with Gasteiger partial charge in [0.2, 0.25) is 0 Å². The molecule has 0 aliphatic carbocycles. The van der Waals surface area contributed by atoms with E-state index in [9.17, 15) is 0 Å². The van der Waals surface area contributed by atoms with Gasteiger partial charge in [0.05, 0.1) is 6.33 Å². The Balaban J connectivity index is 1.90. The summed E-state index contributed by atoms with van der Waals surface area (Å²) >= 11 is 0. The summed E-state index contributed by atoms with van der Waals surface area (Å²) in [6.45, 7) is 7.46. The van der Waals surface area contributed by atoms with Crippen LogP contribution in [0.3, 0.4) is 0 Å². The van der Waals surface area contributed by atoms with Crippen LogP contribution in [0.25, 0.3) is 0 Å². The van der Waals surface area contributed by atoms with Crippen molar-refractivity contribution in [1.82, 2.24) is 14.9 Å². The molecule has 2 unspecified atom stereocenters. The molecule has 0 bridgehead atoms. The van der Waals surface area contributed by atoms with Crippen LogP contribution < -0.4 is 5.32 Å². The first-order valence-electron chi connectivity index (χ1n) is 6.43. The SMILES string of the molecule is Cc1ccc(C(C)NC(C)Cn2ccnc2)cc1. The van der Waals surface area contributed by atoms with Crippen LogP contribution in [0.2, 0.25) is 0 Å². The molecule has 0 spiro atoms. The average Bonchev–Trinajstić information content (AvgIpc) is 2.82. The minimum Gasteiger partial charge on any atom is -0.336 e. The Morgan fingerprint density at radius 1 is 1.22 bits per heavy atom. The highest BCUT2D eigenvalue weighted by atomic mass is 15.1. The molecule has 3 nitrogen and oxygen atoms in total. The van der Waals surface area contributed by atoms with Gasteiger partial charge in [-0.15, -0.1) is 0 Å². The van der Waals surface area contributed by atoms with E-state index in [0.717, 1.165) is 6.54 Å². The summed E-state index contributed by atoms with van der Waals surface area (Å²) < 4.78 is 2.10. The lowest BCUT2D eigenvalue weighted by atomic mass is 10.1. The van der Waals surface area contributed by atoms with Crippen molar-refractivity contribution in [2.45, 2.75) is 39.4 Å². The number of hydrogen-bond donors (Lipinski definition) is 1. The summed E-state index contributed by atoms with van der Waals surface area (Å²) in [6.07, 6.45) is 5.67. The lowest BCUT2D eigenvalue weighted by Crippen LogP contribution is -2.32. The molecule has 1 aromatic heterocycles. The van der Waals surface area contributed by atoms with Crippen molar-refractivity contribution in [3.63, 3.8) is 0 Å². The predicted octanol–water partition coefficient (Wildman–Crippen LogP) is 2.93. The second-order valence-electron chi connectivity index (χ2n) is 4.96. The minimum atomic E-state index is 0.365. The van der Waals surface area contributed by atoms with Gasteiger partial charge in [-0.3, -0.25) is 0 Å². The lowest BCUT2D eigenvalue weighted by molar-refractivity contribution is 0.430. The molecule has 0 aliphatic rings. The number of benzene rings is 1. The summed E-state index contributed by atoms with van der Waals surface area (Å²) in [5.41, 5.74) is 2.63. The second-order valence-corrected chi connectivity index (χ2v) is 4.96.